The first-order valence-corrected chi connectivity index (χ1v) is 14.5. The number of halogens is 1. The van der Waals surface area contributed by atoms with Crippen LogP contribution < -0.4 is 10.6 Å². The Morgan fingerprint density at radius 3 is 2.43 bits per heavy atom. The number of amides is 2. The fourth-order valence-corrected chi connectivity index (χ4v) is 5.44. The standard InChI is InChI=1S/C34H33ClN4O3/c1-2-3-15-31-38-32(35)30(20-21-36-34(42)37-29-14-8-10-24-9-4-5-12-27(24)29)39(31)22-23-16-18-25(19-17-23)26-11-6-7-13-28(26)33(40)41/h4-14,16-19H,2-3,15,20-22H2,1H3,(H,40,41)(H2,36,37,42). The number of unbranched alkanes of at least 4 members (excludes halogenated alkanes) is 1. The molecule has 214 valence electrons. The van der Waals surface area contributed by atoms with Crippen molar-refractivity contribution in [1.82, 2.24) is 14.9 Å². The lowest BCUT2D eigenvalue weighted by atomic mass is 9.98. The molecule has 0 spiro atoms. The number of urea groups is 1. The second-order valence-electron chi connectivity index (χ2n) is 10.2. The highest BCUT2D eigenvalue weighted by atomic mass is 35.5. The van der Waals surface area contributed by atoms with Gasteiger partial charge in [0.15, 0.2) is 5.15 Å². The van der Waals surface area contributed by atoms with E-state index in [9.17, 15) is 14.7 Å². The van der Waals surface area contributed by atoms with Crippen LogP contribution in [0.2, 0.25) is 5.15 Å². The minimum atomic E-state index is -0.952. The summed E-state index contributed by atoms with van der Waals surface area (Å²) in [5.74, 6) is -0.0373. The number of benzene rings is 4. The largest absolute Gasteiger partial charge is 0.478 e. The minimum absolute atomic E-state index is 0.271. The molecular weight excluding hydrogens is 548 g/mol. The van der Waals surface area contributed by atoms with Crippen LogP contribution in [0.15, 0.2) is 91.0 Å². The third-order valence-electron chi connectivity index (χ3n) is 7.30. The van der Waals surface area contributed by atoms with Gasteiger partial charge in [-0.05, 0) is 40.6 Å². The summed E-state index contributed by atoms with van der Waals surface area (Å²) in [7, 11) is 0. The van der Waals surface area contributed by atoms with Gasteiger partial charge in [-0.3, -0.25) is 0 Å². The summed E-state index contributed by atoms with van der Waals surface area (Å²) in [5, 5.41) is 18.0. The Kier molecular flexibility index (Phi) is 9.19. The van der Waals surface area contributed by atoms with Gasteiger partial charge in [0.1, 0.15) is 5.82 Å². The van der Waals surface area contributed by atoms with Gasteiger partial charge >= 0.3 is 12.0 Å². The second kappa shape index (κ2) is 13.4. The molecule has 7 nitrogen and oxygen atoms in total. The van der Waals surface area contributed by atoms with Gasteiger partial charge in [-0.2, -0.15) is 0 Å². The van der Waals surface area contributed by atoms with E-state index < -0.39 is 5.97 Å². The summed E-state index contributed by atoms with van der Waals surface area (Å²) in [6.07, 6.45) is 3.34. The highest BCUT2D eigenvalue weighted by Crippen LogP contribution is 2.26. The molecule has 1 aromatic heterocycles. The summed E-state index contributed by atoms with van der Waals surface area (Å²) >= 11 is 6.64. The number of nitrogens with zero attached hydrogens (tertiary/aromatic N) is 2. The van der Waals surface area contributed by atoms with Crippen LogP contribution >= 0.6 is 11.6 Å². The molecule has 0 radical (unpaired) electrons. The quantitative estimate of drug-likeness (QED) is 0.148. The summed E-state index contributed by atoms with van der Waals surface area (Å²) < 4.78 is 2.14. The van der Waals surface area contributed by atoms with Gasteiger partial charge < -0.3 is 20.3 Å². The molecule has 0 aliphatic rings. The molecule has 8 heteroatoms. The van der Waals surface area contributed by atoms with E-state index in [2.05, 4.69) is 27.1 Å². The number of hydrogen-bond acceptors (Lipinski definition) is 3. The predicted octanol–water partition coefficient (Wildman–Crippen LogP) is 7.81. The van der Waals surface area contributed by atoms with Gasteiger partial charge in [0, 0.05) is 31.3 Å². The molecule has 0 saturated heterocycles. The van der Waals surface area contributed by atoms with E-state index in [0.717, 1.165) is 58.4 Å². The van der Waals surface area contributed by atoms with Gasteiger partial charge in [0.25, 0.3) is 0 Å². The number of anilines is 1. The highest BCUT2D eigenvalue weighted by Gasteiger charge is 2.17. The van der Waals surface area contributed by atoms with E-state index >= 15 is 0 Å². The molecule has 0 bridgehead atoms. The van der Waals surface area contributed by atoms with Crippen LogP contribution in [0.3, 0.4) is 0 Å². The van der Waals surface area contributed by atoms with Gasteiger partial charge in [0.2, 0.25) is 0 Å². The zero-order valence-corrected chi connectivity index (χ0v) is 24.2. The molecule has 1 heterocycles. The first-order chi connectivity index (χ1) is 20.4. The molecule has 0 saturated carbocycles. The molecule has 0 unspecified atom stereocenters. The number of carboxylic acid groups (broad SMARTS) is 1. The van der Waals surface area contributed by atoms with Gasteiger partial charge in [-0.15, -0.1) is 0 Å². The summed E-state index contributed by atoms with van der Waals surface area (Å²) in [5.41, 5.74) is 4.46. The third kappa shape index (κ3) is 6.64. The van der Waals surface area contributed by atoms with Gasteiger partial charge in [0.05, 0.1) is 16.9 Å². The SMILES string of the molecule is CCCCc1nc(Cl)c(CCNC(=O)Nc2cccc3ccccc23)n1Cc1ccc(-c2ccccc2C(=O)O)cc1. The number of nitrogens with one attached hydrogen (secondary N) is 2. The maximum Gasteiger partial charge on any atom is 0.336 e. The van der Waals surface area contributed by atoms with E-state index in [1.807, 2.05) is 78.9 Å². The zero-order chi connectivity index (χ0) is 29.5. The van der Waals surface area contributed by atoms with Crippen molar-refractivity contribution in [1.29, 1.82) is 0 Å². The molecular formula is C34H33ClN4O3. The van der Waals surface area contributed by atoms with E-state index in [1.54, 1.807) is 12.1 Å². The Labute approximate surface area is 250 Å². The zero-order valence-electron chi connectivity index (χ0n) is 23.4. The number of carbonyl (C=O) groups is 2. The van der Waals surface area contributed by atoms with E-state index in [4.69, 9.17) is 11.6 Å². The lowest BCUT2D eigenvalue weighted by Gasteiger charge is -2.14. The number of carboxylic acids is 1. The number of imidazole rings is 1. The van der Waals surface area contributed by atoms with E-state index in [-0.39, 0.29) is 11.6 Å². The number of aromatic nitrogens is 2. The normalized spacial score (nSPS) is 11.0. The Morgan fingerprint density at radius 1 is 0.905 bits per heavy atom. The Balaban J connectivity index is 1.30. The number of carbonyl (C=O) groups excluding carboxylic acids is 1. The average molecular weight is 581 g/mol. The number of aryl methyl sites for hydroxylation is 1. The number of aromatic carboxylic acids is 1. The molecule has 4 aromatic carbocycles. The first-order valence-electron chi connectivity index (χ1n) is 14.1. The molecule has 0 aliphatic heterocycles. The smallest absolute Gasteiger partial charge is 0.336 e. The van der Waals surface area contributed by atoms with Crippen molar-refractivity contribution in [3.8, 4) is 11.1 Å². The van der Waals surface area contributed by atoms with Crippen molar-refractivity contribution in [3.63, 3.8) is 0 Å². The lowest BCUT2D eigenvalue weighted by molar-refractivity contribution is 0.0697. The topological polar surface area (TPSA) is 96.3 Å². The van der Waals surface area contributed by atoms with Crippen molar-refractivity contribution < 1.29 is 14.7 Å². The van der Waals surface area contributed by atoms with Crippen LogP contribution in [0.4, 0.5) is 10.5 Å². The van der Waals surface area contributed by atoms with Crippen molar-refractivity contribution in [3.05, 3.63) is 119 Å². The monoisotopic (exact) mass is 580 g/mol. The molecule has 0 fully saturated rings. The molecule has 42 heavy (non-hydrogen) atoms. The van der Waals surface area contributed by atoms with Crippen molar-refractivity contribution in [2.75, 3.05) is 11.9 Å². The minimum Gasteiger partial charge on any atom is -0.478 e. The van der Waals surface area contributed by atoms with Crippen LogP contribution in [0, 0.1) is 0 Å². The number of fused-ring (bicyclic) bond motifs is 1. The maximum absolute atomic E-state index is 12.8. The van der Waals surface area contributed by atoms with E-state index in [1.165, 1.54) is 0 Å². The van der Waals surface area contributed by atoms with Crippen molar-refractivity contribution in [2.45, 2.75) is 39.2 Å². The predicted molar refractivity (Wildman–Crippen MR) is 168 cm³/mol. The van der Waals surface area contributed by atoms with Crippen LogP contribution in [0.5, 0.6) is 0 Å². The Morgan fingerprint density at radius 2 is 1.64 bits per heavy atom. The third-order valence-corrected chi connectivity index (χ3v) is 7.61. The van der Waals surface area contributed by atoms with Crippen molar-refractivity contribution in [2.24, 2.45) is 0 Å². The van der Waals surface area contributed by atoms with Gasteiger partial charge in [-0.25, -0.2) is 14.6 Å². The van der Waals surface area contributed by atoms with E-state index in [0.29, 0.717) is 30.2 Å². The van der Waals surface area contributed by atoms with Gasteiger partial charge in [-0.1, -0.05) is 104 Å². The summed E-state index contributed by atoms with van der Waals surface area (Å²) in [4.78, 5) is 29.1. The summed E-state index contributed by atoms with van der Waals surface area (Å²) in [6, 6.07) is 28.4. The van der Waals surface area contributed by atoms with Crippen LogP contribution in [-0.4, -0.2) is 33.2 Å². The van der Waals surface area contributed by atoms with Crippen molar-refractivity contribution >= 4 is 40.1 Å². The average Bonchev–Trinajstić information content (AvgIpc) is 3.29. The molecule has 2 amide bonds. The number of hydrogen-bond donors (Lipinski definition) is 3. The van der Waals surface area contributed by atoms with Crippen LogP contribution in [-0.2, 0) is 19.4 Å². The molecule has 5 rings (SSSR count). The van der Waals surface area contributed by atoms with Crippen LogP contribution in [0.1, 0.15) is 47.2 Å². The highest BCUT2D eigenvalue weighted by molar-refractivity contribution is 6.30. The maximum atomic E-state index is 12.8. The molecule has 3 N–H and O–H groups in total. The molecule has 5 aromatic rings. The molecule has 0 atom stereocenters. The lowest BCUT2D eigenvalue weighted by Crippen LogP contribution is -2.31. The Hall–Kier alpha value is -4.62. The first kappa shape index (κ1) is 28.9. The fraction of sp³-hybridized carbons (Fsp3) is 0.206. The van der Waals surface area contributed by atoms with Crippen LogP contribution in [0.25, 0.3) is 21.9 Å². The second-order valence-corrected chi connectivity index (χ2v) is 10.5. The Bertz CT molecular complexity index is 1710. The fourth-order valence-electron chi connectivity index (χ4n) is 5.14. The molecule has 0 aliphatic carbocycles. The summed E-state index contributed by atoms with van der Waals surface area (Å²) in [6.45, 7) is 3.10. The number of rotatable bonds is 11.